The zero-order valence-corrected chi connectivity index (χ0v) is 24.5. The minimum atomic E-state index is -0.407. The van der Waals surface area contributed by atoms with Crippen molar-refractivity contribution in [3.8, 4) is 11.5 Å². The fraction of sp³-hybridized carbons (Fsp3) is 0.400. The van der Waals surface area contributed by atoms with Gasteiger partial charge in [0.15, 0.2) is 0 Å². The second kappa shape index (κ2) is 14.8. The van der Waals surface area contributed by atoms with E-state index >= 15 is 0 Å². The van der Waals surface area contributed by atoms with Crippen LogP contribution in [0.25, 0.3) is 0 Å². The van der Waals surface area contributed by atoms with Gasteiger partial charge in [0, 0.05) is 61.5 Å². The maximum atomic E-state index is 13.8. The predicted octanol–water partition coefficient (Wildman–Crippen LogP) is 4.61. The summed E-state index contributed by atoms with van der Waals surface area (Å²) >= 11 is 1.58. The van der Waals surface area contributed by atoms with Gasteiger partial charge in [0.2, 0.25) is 5.91 Å². The summed E-state index contributed by atoms with van der Waals surface area (Å²) in [5.41, 5.74) is 2.40. The van der Waals surface area contributed by atoms with Crippen molar-refractivity contribution in [1.82, 2.24) is 14.7 Å². The van der Waals surface area contributed by atoms with Gasteiger partial charge in [0.25, 0.3) is 0 Å². The molecule has 1 fully saturated rings. The molecule has 1 aliphatic rings. The number of aryl methyl sites for hydroxylation is 1. The molecule has 3 amide bonds. The lowest BCUT2D eigenvalue weighted by Crippen LogP contribution is -2.48. The molecular formula is C30H37FN4O5S. The van der Waals surface area contributed by atoms with Crippen LogP contribution in [0.5, 0.6) is 11.5 Å². The highest BCUT2D eigenvalue weighted by Gasteiger charge is 2.24. The Morgan fingerprint density at radius 1 is 1.00 bits per heavy atom. The van der Waals surface area contributed by atoms with Crippen molar-refractivity contribution in [2.75, 3.05) is 65.5 Å². The smallest absolute Gasteiger partial charge is 0.322 e. The summed E-state index contributed by atoms with van der Waals surface area (Å²) in [6.45, 7) is 6.35. The van der Waals surface area contributed by atoms with Gasteiger partial charge in [0.1, 0.15) is 23.9 Å². The Morgan fingerprint density at radius 2 is 1.68 bits per heavy atom. The maximum absolute atomic E-state index is 13.8. The zero-order valence-electron chi connectivity index (χ0n) is 23.7. The minimum absolute atomic E-state index is 0.122. The lowest BCUT2D eigenvalue weighted by atomic mass is 10.2. The highest BCUT2D eigenvalue weighted by atomic mass is 32.1. The first-order chi connectivity index (χ1) is 19.8. The molecule has 1 aliphatic heterocycles. The number of nitrogens with one attached hydrogen (secondary N) is 1. The van der Waals surface area contributed by atoms with Gasteiger partial charge < -0.3 is 29.3 Å². The largest absolute Gasteiger partial charge is 0.497 e. The molecule has 4 rings (SSSR count). The molecule has 2 heterocycles. The van der Waals surface area contributed by atoms with E-state index in [1.807, 2.05) is 18.4 Å². The van der Waals surface area contributed by atoms with Crippen molar-refractivity contribution in [3.63, 3.8) is 0 Å². The zero-order chi connectivity index (χ0) is 29.2. The van der Waals surface area contributed by atoms with Crippen LogP contribution in [0.15, 0.2) is 53.9 Å². The number of rotatable bonds is 12. The van der Waals surface area contributed by atoms with E-state index in [4.69, 9.17) is 14.2 Å². The molecule has 1 saturated heterocycles. The number of carbonyl (C=O) groups is 2. The molecular weight excluding hydrogens is 547 g/mol. The average molecular weight is 585 g/mol. The van der Waals surface area contributed by atoms with Crippen molar-refractivity contribution in [1.29, 1.82) is 0 Å². The van der Waals surface area contributed by atoms with Crippen LogP contribution in [0.1, 0.15) is 16.0 Å². The van der Waals surface area contributed by atoms with Gasteiger partial charge >= 0.3 is 6.03 Å². The number of urea groups is 1. The SMILES string of the molecule is COc1cc(NC(=O)N(CCN2CCOCC2)CC(=O)N(Cc2ccc(F)cc2)Cc2sccc2C)cc(OC)c1. The van der Waals surface area contributed by atoms with Crippen molar-refractivity contribution in [3.05, 3.63) is 75.7 Å². The Labute approximate surface area is 244 Å². The van der Waals surface area contributed by atoms with E-state index in [-0.39, 0.29) is 18.3 Å². The van der Waals surface area contributed by atoms with E-state index < -0.39 is 6.03 Å². The number of ether oxygens (including phenoxy) is 3. The van der Waals surface area contributed by atoms with Gasteiger partial charge in [-0.2, -0.15) is 0 Å². The van der Waals surface area contributed by atoms with E-state index in [9.17, 15) is 14.0 Å². The first-order valence-corrected chi connectivity index (χ1v) is 14.4. The van der Waals surface area contributed by atoms with Crippen molar-refractivity contribution >= 4 is 29.0 Å². The molecule has 0 unspecified atom stereocenters. The number of amides is 3. The van der Waals surface area contributed by atoms with Crippen molar-refractivity contribution < 1.29 is 28.2 Å². The predicted molar refractivity (Wildman–Crippen MR) is 157 cm³/mol. The van der Waals surface area contributed by atoms with Crippen molar-refractivity contribution in [2.45, 2.75) is 20.0 Å². The lowest BCUT2D eigenvalue weighted by Gasteiger charge is -2.31. The second-order valence-corrected chi connectivity index (χ2v) is 10.8. The fourth-order valence-electron chi connectivity index (χ4n) is 4.47. The van der Waals surface area contributed by atoms with Crippen LogP contribution < -0.4 is 14.8 Å². The molecule has 0 saturated carbocycles. The van der Waals surface area contributed by atoms with Gasteiger partial charge in [-0.3, -0.25) is 9.69 Å². The van der Waals surface area contributed by atoms with Gasteiger partial charge in [-0.15, -0.1) is 11.3 Å². The maximum Gasteiger partial charge on any atom is 0.322 e. The molecule has 220 valence electrons. The topological polar surface area (TPSA) is 83.6 Å². The molecule has 1 aromatic heterocycles. The van der Waals surface area contributed by atoms with Crippen LogP contribution in [0, 0.1) is 12.7 Å². The van der Waals surface area contributed by atoms with Crippen LogP contribution in [0.2, 0.25) is 0 Å². The third kappa shape index (κ3) is 8.91. The Balaban J connectivity index is 1.54. The van der Waals surface area contributed by atoms with Gasteiger partial charge in [-0.25, -0.2) is 9.18 Å². The first-order valence-electron chi connectivity index (χ1n) is 13.5. The van der Waals surface area contributed by atoms with E-state index in [0.717, 1.165) is 29.1 Å². The number of hydrogen-bond acceptors (Lipinski definition) is 7. The molecule has 0 bridgehead atoms. The third-order valence-corrected chi connectivity index (χ3v) is 7.96. The Morgan fingerprint density at radius 3 is 2.29 bits per heavy atom. The summed E-state index contributed by atoms with van der Waals surface area (Å²) in [4.78, 5) is 33.9. The molecule has 1 N–H and O–H groups in total. The Bertz CT molecular complexity index is 1270. The van der Waals surface area contributed by atoms with Gasteiger partial charge in [-0.05, 0) is 41.6 Å². The summed E-state index contributed by atoms with van der Waals surface area (Å²) in [5.74, 6) is 0.531. The van der Waals surface area contributed by atoms with Crippen LogP contribution in [0.3, 0.4) is 0 Å². The Kier molecular flexibility index (Phi) is 10.9. The molecule has 11 heteroatoms. The van der Waals surface area contributed by atoms with Crippen LogP contribution >= 0.6 is 11.3 Å². The molecule has 9 nitrogen and oxygen atoms in total. The molecule has 2 aromatic carbocycles. The van der Waals surface area contributed by atoms with Crippen molar-refractivity contribution in [2.24, 2.45) is 0 Å². The highest BCUT2D eigenvalue weighted by Crippen LogP contribution is 2.26. The van der Waals surface area contributed by atoms with E-state index in [0.29, 0.717) is 56.6 Å². The second-order valence-electron chi connectivity index (χ2n) is 9.81. The number of nitrogens with zero attached hydrogens (tertiary/aromatic N) is 3. The van der Waals surface area contributed by atoms with E-state index in [1.54, 1.807) is 60.8 Å². The standard InChI is InChI=1S/C30H37FN4O5S/c1-22-8-15-41-28(22)20-35(19-23-4-6-24(31)7-5-23)29(36)21-34(10-9-33-11-13-40-14-12-33)30(37)32-25-16-26(38-2)18-27(17-25)39-3/h4-8,15-18H,9-14,19-21H2,1-3H3,(H,32,37). The Hall–Kier alpha value is -3.67. The number of thiophene rings is 1. The number of carbonyl (C=O) groups excluding carboxylic acids is 2. The summed E-state index contributed by atoms with van der Waals surface area (Å²) in [7, 11) is 3.08. The highest BCUT2D eigenvalue weighted by molar-refractivity contribution is 7.10. The quantitative estimate of drug-likeness (QED) is 0.335. The molecule has 0 spiro atoms. The third-order valence-electron chi connectivity index (χ3n) is 6.95. The minimum Gasteiger partial charge on any atom is -0.497 e. The molecule has 0 atom stereocenters. The normalized spacial score (nSPS) is 13.5. The van der Waals surface area contributed by atoms with Crippen LogP contribution in [-0.4, -0.2) is 86.8 Å². The summed E-state index contributed by atoms with van der Waals surface area (Å²) in [6, 6.07) is 12.9. The molecule has 0 aliphatic carbocycles. The average Bonchev–Trinajstić information content (AvgIpc) is 3.39. The summed E-state index contributed by atoms with van der Waals surface area (Å²) in [5, 5.41) is 4.90. The van der Waals surface area contributed by atoms with Gasteiger partial charge in [0.05, 0.1) is 34.0 Å². The monoisotopic (exact) mass is 584 g/mol. The van der Waals surface area contributed by atoms with Crippen LogP contribution in [-0.2, 0) is 22.6 Å². The molecule has 3 aromatic rings. The van der Waals surface area contributed by atoms with E-state index in [2.05, 4.69) is 10.2 Å². The lowest BCUT2D eigenvalue weighted by molar-refractivity contribution is -0.133. The van der Waals surface area contributed by atoms with E-state index in [1.165, 1.54) is 17.0 Å². The molecule has 0 radical (unpaired) electrons. The number of benzene rings is 2. The number of halogens is 1. The number of morpholine rings is 1. The fourth-order valence-corrected chi connectivity index (χ4v) is 5.39. The summed E-state index contributed by atoms with van der Waals surface area (Å²) < 4.78 is 29.7. The first kappa shape index (κ1) is 30.3. The number of anilines is 1. The number of hydrogen-bond donors (Lipinski definition) is 1. The summed E-state index contributed by atoms with van der Waals surface area (Å²) in [6.07, 6.45) is 0. The van der Waals surface area contributed by atoms with Crippen LogP contribution in [0.4, 0.5) is 14.9 Å². The molecule has 41 heavy (non-hydrogen) atoms. The number of methoxy groups -OCH3 is 2. The van der Waals surface area contributed by atoms with Gasteiger partial charge in [-0.1, -0.05) is 12.1 Å².